The highest BCUT2D eigenvalue weighted by molar-refractivity contribution is 5.94. The van der Waals surface area contributed by atoms with Crippen LogP contribution in [0.15, 0.2) is 18.3 Å². The van der Waals surface area contributed by atoms with Crippen LogP contribution in [0.2, 0.25) is 0 Å². The van der Waals surface area contributed by atoms with Crippen molar-refractivity contribution < 1.29 is 4.79 Å². The lowest BCUT2D eigenvalue weighted by molar-refractivity contribution is -0.118. The van der Waals surface area contributed by atoms with Crippen LogP contribution in [0, 0.1) is 6.92 Å². The summed E-state index contributed by atoms with van der Waals surface area (Å²) < 4.78 is 0. The average Bonchev–Trinajstić information content (AvgIpc) is 2.44. The van der Waals surface area contributed by atoms with E-state index >= 15 is 0 Å². The van der Waals surface area contributed by atoms with E-state index in [1.54, 1.807) is 6.20 Å². The average molecular weight is 249 g/mol. The van der Waals surface area contributed by atoms with E-state index in [1.807, 2.05) is 32.9 Å². The van der Waals surface area contributed by atoms with E-state index in [4.69, 9.17) is 0 Å². The lowest BCUT2D eigenvalue weighted by Gasteiger charge is -2.22. The zero-order valence-electron chi connectivity index (χ0n) is 11.5. The maximum atomic E-state index is 11.9. The second-order valence-electron chi connectivity index (χ2n) is 4.18. The molecule has 2 heterocycles. The van der Waals surface area contributed by atoms with Crippen molar-refractivity contribution in [3.8, 4) is 0 Å². The number of anilines is 1. The molecule has 18 heavy (non-hydrogen) atoms. The smallest absolute Gasteiger partial charge is 0.241 e. The van der Waals surface area contributed by atoms with Gasteiger partial charge in [0, 0.05) is 5.69 Å². The highest BCUT2D eigenvalue weighted by atomic mass is 16.2. The van der Waals surface area contributed by atoms with Crippen LogP contribution < -0.4 is 10.6 Å². The molecule has 0 spiro atoms. The van der Waals surface area contributed by atoms with Gasteiger partial charge < -0.3 is 10.6 Å². The van der Waals surface area contributed by atoms with Gasteiger partial charge >= 0.3 is 0 Å². The van der Waals surface area contributed by atoms with Crippen molar-refractivity contribution in [2.45, 2.75) is 46.1 Å². The molecule has 100 valence electrons. The summed E-state index contributed by atoms with van der Waals surface area (Å²) in [5.74, 6) is 0.0466. The van der Waals surface area contributed by atoms with Gasteiger partial charge in [-0.15, -0.1) is 0 Å². The molecule has 1 unspecified atom stereocenters. The number of aryl methyl sites for hydroxylation is 1. The number of carbonyl (C=O) groups is 1. The summed E-state index contributed by atoms with van der Waals surface area (Å²) in [4.78, 5) is 16.0. The number of hydrogen-bond donors (Lipinski definition) is 2. The Morgan fingerprint density at radius 2 is 2.17 bits per heavy atom. The molecule has 1 saturated heterocycles. The zero-order chi connectivity index (χ0) is 13.4. The Hall–Kier alpha value is -1.42. The molecule has 1 aromatic rings. The van der Waals surface area contributed by atoms with Crippen LogP contribution in [0.3, 0.4) is 0 Å². The Bertz CT molecular complexity index is 356. The minimum Gasteiger partial charge on any atom is -0.323 e. The number of nitrogens with zero attached hydrogens (tertiary/aromatic N) is 1. The van der Waals surface area contributed by atoms with Crippen molar-refractivity contribution in [2.24, 2.45) is 0 Å². The SMILES string of the molecule is CC.Cc1ccc(NC(=O)C2CCCCN2)cn1. The topological polar surface area (TPSA) is 54.0 Å². The molecule has 4 heteroatoms. The first-order valence-corrected chi connectivity index (χ1v) is 6.72. The Balaban J connectivity index is 0.000000771. The fourth-order valence-electron chi connectivity index (χ4n) is 1.85. The molecule has 1 amide bonds. The van der Waals surface area contributed by atoms with Gasteiger partial charge in [0.25, 0.3) is 0 Å². The summed E-state index contributed by atoms with van der Waals surface area (Å²) in [6, 6.07) is 3.72. The maximum absolute atomic E-state index is 11.9. The van der Waals surface area contributed by atoms with Crippen molar-refractivity contribution in [3.05, 3.63) is 24.0 Å². The number of pyridine rings is 1. The standard InChI is InChI=1S/C12H17N3O.C2H6/c1-9-5-6-10(8-14-9)15-12(16)11-4-2-3-7-13-11;1-2/h5-6,8,11,13H,2-4,7H2,1H3,(H,15,16);1-2H3. The molecule has 1 atom stereocenters. The molecule has 4 nitrogen and oxygen atoms in total. The molecule has 0 aromatic carbocycles. The van der Waals surface area contributed by atoms with Gasteiger partial charge in [0.1, 0.15) is 0 Å². The molecule has 2 rings (SSSR count). The van der Waals surface area contributed by atoms with Crippen LogP contribution >= 0.6 is 0 Å². The van der Waals surface area contributed by atoms with E-state index in [0.717, 1.165) is 37.2 Å². The second-order valence-corrected chi connectivity index (χ2v) is 4.18. The van der Waals surface area contributed by atoms with E-state index in [0.29, 0.717) is 0 Å². The summed E-state index contributed by atoms with van der Waals surface area (Å²) in [6.45, 7) is 6.86. The number of nitrogens with one attached hydrogen (secondary N) is 2. The fraction of sp³-hybridized carbons (Fsp3) is 0.571. The monoisotopic (exact) mass is 249 g/mol. The van der Waals surface area contributed by atoms with Gasteiger partial charge in [-0.25, -0.2) is 0 Å². The van der Waals surface area contributed by atoms with Gasteiger partial charge in [0.05, 0.1) is 17.9 Å². The summed E-state index contributed by atoms with van der Waals surface area (Å²) in [5, 5.41) is 6.09. The summed E-state index contributed by atoms with van der Waals surface area (Å²) in [5.41, 5.74) is 1.72. The molecule has 0 radical (unpaired) electrons. The van der Waals surface area contributed by atoms with Crippen LogP contribution in [0.25, 0.3) is 0 Å². The number of hydrogen-bond acceptors (Lipinski definition) is 3. The Morgan fingerprint density at radius 3 is 2.72 bits per heavy atom. The summed E-state index contributed by atoms with van der Waals surface area (Å²) >= 11 is 0. The molecule has 0 bridgehead atoms. The van der Waals surface area contributed by atoms with E-state index in [-0.39, 0.29) is 11.9 Å². The predicted octanol–water partition coefficient (Wildman–Crippen LogP) is 2.50. The predicted molar refractivity (Wildman–Crippen MR) is 74.6 cm³/mol. The molecule has 0 saturated carbocycles. The van der Waals surface area contributed by atoms with Crippen LogP contribution in [0.4, 0.5) is 5.69 Å². The number of rotatable bonds is 2. The molecular formula is C14H23N3O. The van der Waals surface area contributed by atoms with E-state index in [1.165, 1.54) is 0 Å². The molecule has 2 N–H and O–H groups in total. The lowest BCUT2D eigenvalue weighted by atomic mass is 10.0. The Morgan fingerprint density at radius 1 is 1.39 bits per heavy atom. The van der Waals surface area contributed by atoms with Crippen LogP contribution in [0.1, 0.15) is 38.8 Å². The molecular weight excluding hydrogens is 226 g/mol. The molecule has 1 fully saturated rings. The van der Waals surface area contributed by atoms with Gasteiger partial charge in [0.15, 0.2) is 0 Å². The first-order chi connectivity index (χ1) is 8.75. The molecule has 0 aliphatic carbocycles. The third kappa shape index (κ3) is 4.45. The van der Waals surface area contributed by atoms with E-state index < -0.39 is 0 Å². The molecule has 1 aromatic heterocycles. The normalized spacial score (nSPS) is 18.5. The minimum atomic E-state index is -0.0462. The zero-order valence-corrected chi connectivity index (χ0v) is 11.5. The quantitative estimate of drug-likeness (QED) is 0.846. The van der Waals surface area contributed by atoms with Crippen LogP contribution in [0.5, 0.6) is 0 Å². The largest absolute Gasteiger partial charge is 0.323 e. The lowest BCUT2D eigenvalue weighted by Crippen LogP contribution is -2.43. The molecule has 1 aliphatic rings. The summed E-state index contributed by atoms with van der Waals surface area (Å²) in [7, 11) is 0. The van der Waals surface area contributed by atoms with Crippen molar-refractivity contribution in [3.63, 3.8) is 0 Å². The van der Waals surface area contributed by atoms with Gasteiger partial charge in [0.2, 0.25) is 5.91 Å². The van der Waals surface area contributed by atoms with Crippen LogP contribution in [-0.4, -0.2) is 23.5 Å². The fourth-order valence-corrected chi connectivity index (χ4v) is 1.85. The van der Waals surface area contributed by atoms with Gasteiger partial charge in [-0.3, -0.25) is 9.78 Å². The third-order valence-electron chi connectivity index (χ3n) is 2.81. The number of piperidine rings is 1. The van der Waals surface area contributed by atoms with Gasteiger partial charge in [-0.05, 0) is 38.4 Å². The molecule has 1 aliphatic heterocycles. The van der Waals surface area contributed by atoms with Crippen LogP contribution in [-0.2, 0) is 4.79 Å². The number of aromatic nitrogens is 1. The number of amides is 1. The van der Waals surface area contributed by atoms with E-state index in [2.05, 4.69) is 15.6 Å². The number of carbonyl (C=O) groups excluding carboxylic acids is 1. The first-order valence-electron chi connectivity index (χ1n) is 6.72. The van der Waals surface area contributed by atoms with Gasteiger partial charge in [-0.2, -0.15) is 0 Å². The first kappa shape index (κ1) is 14.6. The summed E-state index contributed by atoms with van der Waals surface area (Å²) in [6.07, 6.45) is 4.90. The van der Waals surface area contributed by atoms with Crippen molar-refractivity contribution in [1.29, 1.82) is 0 Å². The van der Waals surface area contributed by atoms with E-state index in [9.17, 15) is 4.79 Å². The Labute approximate surface area is 109 Å². The van der Waals surface area contributed by atoms with Crippen molar-refractivity contribution >= 4 is 11.6 Å². The maximum Gasteiger partial charge on any atom is 0.241 e. The second kappa shape index (κ2) is 7.82. The minimum absolute atomic E-state index is 0.0462. The van der Waals surface area contributed by atoms with Gasteiger partial charge in [-0.1, -0.05) is 20.3 Å². The van der Waals surface area contributed by atoms with Crippen molar-refractivity contribution in [2.75, 3.05) is 11.9 Å². The van der Waals surface area contributed by atoms with Crippen molar-refractivity contribution in [1.82, 2.24) is 10.3 Å². The third-order valence-corrected chi connectivity index (χ3v) is 2.81. The highest BCUT2D eigenvalue weighted by Gasteiger charge is 2.20. The highest BCUT2D eigenvalue weighted by Crippen LogP contribution is 2.11. The Kier molecular flexibility index (Phi) is 6.36.